The first-order valence-corrected chi connectivity index (χ1v) is 4.67. The number of carbonyl (C=O) groups is 2. The molecule has 0 fully saturated rings. The van der Waals surface area contributed by atoms with Crippen LogP contribution in [0.3, 0.4) is 0 Å². The van der Waals surface area contributed by atoms with Crippen molar-refractivity contribution in [2.24, 2.45) is 0 Å². The average Bonchev–Trinajstić information content (AvgIpc) is 2.69. The minimum absolute atomic E-state index is 0.389. The van der Waals surface area contributed by atoms with Gasteiger partial charge in [-0.1, -0.05) is 0 Å². The largest absolute Gasteiger partial charge is 0.474 e. The van der Waals surface area contributed by atoms with E-state index in [1.54, 1.807) is 12.5 Å². The first-order valence-electron chi connectivity index (χ1n) is 4.67. The molecule has 1 amide bonds. The molecule has 0 aliphatic rings. The fourth-order valence-electron chi connectivity index (χ4n) is 1.12. The van der Waals surface area contributed by atoms with Crippen molar-refractivity contribution in [3.05, 3.63) is 18.7 Å². The highest BCUT2D eigenvalue weighted by Crippen LogP contribution is 1.93. The van der Waals surface area contributed by atoms with Gasteiger partial charge in [-0.05, 0) is 12.8 Å². The van der Waals surface area contributed by atoms with Gasteiger partial charge in [0.1, 0.15) is 0 Å². The third-order valence-corrected chi connectivity index (χ3v) is 1.88. The molecular weight excluding hydrogens is 198 g/mol. The van der Waals surface area contributed by atoms with E-state index in [2.05, 4.69) is 10.3 Å². The number of nitrogens with one attached hydrogen (secondary N) is 1. The maximum atomic E-state index is 10.6. The van der Waals surface area contributed by atoms with Crippen molar-refractivity contribution in [3.63, 3.8) is 0 Å². The lowest BCUT2D eigenvalue weighted by molar-refractivity contribution is -0.150. The van der Waals surface area contributed by atoms with E-state index in [9.17, 15) is 9.59 Å². The maximum Gasteiger partial charge on any atom is 0.394 e. The van der Waals surface area contributed by atoms with Gasteiger partial charge in [-0.3, -0.25) is 4.79 Å². The van der Waals surface area contributed by atoms with Crippen LogP contribution in [-0.4, -0.2) is 33.1 Å². The summed E-state index contributed by atoms with van der Waals surface area (Å²) in [6, 6.07) is 0. The van der Waals surface area contributed by atoms with E-state index in [0.29, 0.717) is 6.54 Å². The smallest absolute Gasteiger partial charge is 0.394 e. The Balaban J connectivity index is 2.03. The predicted molar refractivity (Wildman–Crippen MR) is 52.1 cm³/mol. The van der Waals surface area contributed by atoms with E-state index in [1.807, 2.05) is 10.8 Å². The minimum Gasteiger partial charge on any atom is -0.474 e. The average molecular weight is 211 g/mol. The van der Waals surface area contributed by atoms with Gasteiger partial charge >= 0.3 is 11.9 Å². The molecule has 6 nitrogen and oxygen atoms in total. The molecule has 2 N–H and O–H groups in total. The van der Waals surface area contributed by atoms with Gasteiger partial charge in [0.05, 0.1) is 6.33 Å². The van der Waals surface area contributed by atoms with Gasteiger partial charge in [0, 0.05) is 25.5 Å². The van der Waals surface area contributed by atoms with Gasteiger partial charge in [-0.2, -0.15) is 0 Å². The van der Waals surface area contributed by atoms with Gasteiger partial charge in [0.25, 0.3) is 0 Å². The Hall–Kier alpha value is -1.85. The van der Waals surface area contributed by atoms with E-state index in [-0.39, 0.29) is 0 Å². The van der Waals surface area contributed by atoms with Gasteiger partial charge in [0.2, 0.25) is 0 Å². The zero-order valence-corrected chi connectivity index (χ0v) is 8.22. The molecule has 0 saturated heterocycles. The molecule has 0 atom stereocenters. The van der Waals surface area contributed by atoms with Crippen LogP contribution in [0.5, 0.6) is 0 Å². The van der Waals surface area contributed by atoms with Crippen molar-refractivity contribution in [1.82, 2.24) is 14.9 Å². The molecule has 0 aliphatic heterocycles. The number of rotatable bonds is 5. The lowest BCUT2D eigenvalue weighted by atomic mass is 10.3. The molecule has 1 rings (SSSR count). The number of unbranched alkanes of at least 4 members (excludes halogenated alkanes) is 1. The van der Waals surface area contributed by atoms with Crippen LogP contribution in [0.1, 0.15) is 12.8 Å². The normalized spacial score (nSPS) is 9.87. The second kappa shape index (κ2) is 5.79. The van der Waals surface area contributed by atoms with Crippen molar-refractivity contribution in [1.29, 1.82) is 0 Å². The second-order valence-electron chi connectivity index (χ2n) is 3.07. The van der Waals surface area contributed by atoms with Crippen LogP contribution >= 0.6 is 0 Å². The standard InChI is InChI=1S/C9H13N3O3/c13-8(9(14)15)11-3-1-2-5-12-6-4-10-7-12/h4,6-7H,1-3,5H2,(H,11,13)(H,14,15). The summed E-state index contributed by atoms with van der Waals surface area (Å²) in [5, 5.41) is 10.6. The second-order valence-corrected chi connectivity index (χ2v) is 3.07. The summed E-state index contributed by atoms with van der Waals surface area (Å²) in [6.45, 7) is 1.21. The zero-order chi connectivity index (χ0) is 11.1. The van der Waals surface area contributed by atoms with Crippen molar-refractivity contribution in [3.8, 4) is 0 Å². The topological polar surface area (TPSA) is 84.2 Å². The van der Waals surface area contributed by atoms with Crippen LogP contribution in [0, 0.1) is 0 Å². The molecule has 0 saturated carbocycles. The summed E-state index contributed by atoms with van der Waals surface area (Å²) in [5.74, 6) is -2.39. The number of carbonyl (C=O) groups excluding carboxylic acids is 1. The summed E-state index contributed by atoms with van der Waals surface area (Å²) in [6.07, 6.45) is 6.89. The Labute approximate surface area is 86.9 Å². The quantitative estimate of drug-likeness (QED) is 0.524. The van der Waals surface area contributed by atoms with Gasteiger partial charge in [0.15, 0.2) is 0 Å². The number of aromatic nitrogens is 2. The molecule has 0 aromatic carbocycles. The Morgan fingerprint density at radius 3 is 2.80 bits per heavy atom. The first-order chi connectivity index (χ1) is 7.20. The highest BCUT2D eigenvalue weighted by molar-refractivity contribution is 6.31. The number of amides is 1. The van der Waals surface area contributed by atoms with Crippen molar-refractivity contribution < 1.29 is 14.7 Å². The molecule has 0 unspecified atom stereocenters. The number of aliphatic carboxylic acids is 1. The van der Waals surface area contributed by atoms with E-state index < -0.39 is 11.9 Å². The molecular formula is C9H13N3O3. The Morgan fingerprint density at radius 1 is 1.40 bits per heavy atom. The predicted octanol–water partition coefficient (Wildman–Crippen LogP) is -0.136. The highest BCUT2D eigenvalue weighted by Gasteiger charge is 2.08. The lowest BCUT2D eigenvalue weighted by Crippen LogP contribution is -2.31. The molecule has 6 heteroatoms. The molecule has 82 valence electrons. The summed E-state index contributed by atoms with van der Waals surface area (Å²) in [4.78, 5) is 24.6. The van der Waals surface area contributed by atoms with Crippen molar-refractivity contribution in [2.45, 2.75) is 19.4 Å². The Kier molecular flexibility index (Phi) is 4.33. The van der Waals surface area contributed by atoms with E-state index in [1.165, 1.54) is 0 Å². The molecule has 0 aliphatic carbocycles. The van der Waals surface area contributed by atoms with E-state index >= 15 is 0 Å². The summed E-state index contributed by atoms with van der Waals surface area (Å²) >= 11 is 0. The molecule has 0 radical (unpaired) electrons. The molecule has 1 heterocycles. The van der Waals surface area contributed by atoms with Crippen LogP contribution < -0.4 is 5.32 Å². The molecule has 1 aromatic heterocycles. The van der Waals surface area contributed by atoms with E-state index in [0.717, 1.165) is 19.4 Å². The van der Waals surface area contributed by atoms with Crippen LogP contribution in [0.4, 0.5) is 0 Å². The number of carboxylic acids is 1. The number of carboxylic acid groups (broad SMARTS) is 1. The zero-order valence-electron chi connectivity index (χ0n) is 8.22. The van der Waals surface area contributed by atoms with Crippen LogP contribution in [0.15, 0.2) is 18.7 Å². The van der Waals surface area contributed by atoms with Crippen molar-refractivity contribution >= 4 is 11.9 Å². The number of nitrogens with zero attached hydrogens (tertiary/aromatic N) is 2. The fraction of sp³-hybridized carbons (Fsp3) is 0.444. The SMILES string of the molecule is O=C(O)C(=O)NCCCCn1ccnc1. The number of hydrogen-bond donors (Lipinski definition) is 2. The number of aryl methyl sites for hydroxylation is 1. The third-order valence-electron chi connectivity index (χ3n) is 1.88. The highest BCUT2D eigenvalue weighted by atomic mass is 16.4. The van der Waals surface area contributed by atoms with Gasteiger partial charge in [-0.25, -0.2) is 9.78 Å². The third kappa shape index (κ3) is 4.26. The van der Waals surface area contributed by atoms with Crippen LogP contribution in [0.2, 0.25) is 0 Å². The summed E-state index contributed by atoms with van der Waals surface area (Å²) < 4.78 is 1.93. The van der Waals surface area contributed by atoms with Crippen molar-refractivity contribution in [2.75, 3.05) is 6.54 Å². The summed E-state index contributed by atoms with van der Waals surface area (Å²) in [7, 11) is 0. The summed E-state index contributed by atoms with van der Waals surface area (Å²) in [5.41, 5.74) is 0. The van der Waals surface area contributed by atoms with E-state index in [4.69, 9.17) is 5.11 Å². The number of imidazole rings is 1. The number of hydrogen-bond acceptors (Lipinski definition) is 3. The Bertz CT molecular complexity index is 321. The van der Waals surface area contributed by atoms with Gasteiger partial charge in [-0.15, -0.1) is 0 Å². The molecule has 0 spiro atoms. The van der Waals surface area contributed by atoms with Crippen LogP contribution in [-0.2, 0) is 16.1 Å². The lowest BCUT2D eigenvalue weighted by Gasteiger charge is -2.02. The Morgan fingerprint density at radius 2 is 2.20 bits per heavy atom. The van der Waals surface area contributed by atoms with Crippen LogP contribution in [0.25, 0.3) is 0 Å². The molecule has 1 aromatic rings. The monoisotopic (exact) mass is 211 g/mol. The van der Waals surface area contributed by atoms with Gasteiger partial charge < -0.3 is 15.0 Å². The maximum absolute atomic E-state index is 10.6. The first kappa shape index (κ1) is 11.2. The molecule has 15 heavy (non-hydrogen) atoms. The molecule has 0 bridgehead atoms. The fourth-order valence-corrected chi connectivity index (χ4v) is 1.12. The minimum atomic E-state index is -1.44.